The quantitative estimate of drug-likeness (QED) is 0.174. The summed E-state index contributed by atoms with van der Waals surface area (Å²) in [7, 11) is 0. The lowest BCUT2D eigenvalue weighted by atomic mass is 10.1. The highest BCUT2D eigenvalue weighted by Gasteiger charge is 2.29. The molecule has 0 saturated carbocycles. The molecule has 0 saturated heterocycles. The summed E-state index contributed by atoms with van der Waals surface area (Å²) in [6.07, 6.45) is 1.36. The Hall–Kier alpha value is -3.10. The second-order valence-electron chi connectivity index (χ2n) is 6.57. The molecule has 0 bridgehead atoms. The first-order valence-corrected chi connectivity index (χ1v) is 9.60. The van der Waals surface area contributed by atoms with Crippen LogP contribution in [-0.4, -0.2) is 5.78 Å². The van der Waals surface area contributed by atoms with E-state index in [9.17, 15) is 26.7 Å². The lowest BCUT2D eigenvalue weighted by Crippen LogP contribution is -2.09. The van der Waals surface area contributed by atoms with Crippen LogP contribution in [0.5, 0.6) is 11.5 Å². The standard InChI is InChI=1S/C22H9Cl2F5O3/c23-13-2-1-3-14(24)11(13)7-16-22(30)10-5-4-9(6-15(10)32-16)31-8-12-17(25)19(27)21(29)20(28)18(12)26/h1-7H,8H2/b16-7-. The number of ketones is 1. The monoisotopic (exact) mass is 486 g/mol. The van der Waals surface area contributed by atoms with E-state index in [0.717, 1.165) is 0 Å². The van der Waals surface area contributed by atoms with Crippen molar-refractivity contribution in [2.75, 3.05) is 0 Å². The summed E-state index contributed by atoms with van der Waals surface area (Å²) in [5.74, 6) is -10.9. The van der Waals surface area contributed by atoms with Gasteiger partial charge in [0.2, 0.25) is 11.6 Å². The molecular formula is C22H9Cl2F5O3. The molecular weight excluding hydrogens is 478 g/mol. The fourth-order valence-corrected chi connectivity index (χ4v) is 3.48. The molecule has 3 aromatic rings. The van der Waals surface area contributed by atoms with Crippen LogP contribution in [0.15, 0.2) is 42.2 Å². The van der Waals surface area contributed by atoms with Crippen molar-refractivity contribution in [3.63, 3.8) is 0 Å². The first kappa shape index (κ1) is 22.1. The molecule has 3 nitrogen and oxygen atoms in total. The minimum atomic E-state index is -2.26. The van der Waals surface area contributed by atoms with Gasteiger partial charge in [0.15, 0.2) is 29.0 Å². The summed E-state index contributed by atoms with van der Waals surface area (Å²) in [5, 5.41) is 0.591. The van der Waals surface area contributed by atoms with E-state index in [-0.39, 0.29) is 22.8 Å². The zero-order valence-corrected chi connectivity index (χ0v) is 17.1. The Labute approximate surface area is 187 Å². The first-order chi connectivity index (χ1) is 15.2. The first-order valence-electron chi connectivity index (χ1n) is 8.84. The summed E-state index contributed by atoms with van der Waals surface area (Å²) in [4.78, 5) is 12.6. The summed E-state index contributed by atoms with van der Waals surface area (Å²) in [5.41, 5.74) is -0.592. The third-order valence-electron chi connectivity index (χ3n) is 4.60. The van der Waals surface area contributed by atoms with Gasteiger partial charge in [-0.05, 0) is 30.3 Å². The number of ether oxygens (including phenoxy) is 2. The van der Waals surface area contributed by atoms with Crippen LogP contribution >= 0.6 is 23.2 Å². The van der Waals surface area contributed by atoms with Crippen molar-refractivity contribution in [1.82, 2.24) is 0 Å². The second-order valence-corrected chi connectivity index (χ2v) is 7.38. The number of fused-ring (bicyclic) bond motifs is 1. The predicted molar refractivity (Wildman–Crippen MR) is 106 cm³/mol. The number of carbonyl (C=O) groups excluding carboxylic acids is 1. The molecule has 0 aromatic heterocycles. The van der Waals surface area contributed by atoms with E-state index >= 15 is 0 Å². The molecule has 164 valence electrons. The zero-order valence-electron chi connectivity index (χ0n) is 15.6. The Morgan fingerprint density at radius 1 is 0.875 bits per heavy atom. The van der Waals surface area contributed by atoms with Crippen LogP contribution in [-0.2, 0) is 6.61 Å². The lowest BCUT2D eigenvalue weighted by Gasteiger charge is -2.10. The van der Waals surface area contributed by atoms with Crippen LogP contribution in [0.4, 0.5) is 22.0 Å². The van der Waals surface area contributed by atoms with Crippen molar-refractivity contribution in [1.29, 1.82) is 0 Å². The Bertz CT molecular complexity index is 1260. The van der Waals surface area contributed by atoms with E-state index in [4.69, 9.17) is 32.7 Å². The van der Waals surface area contributed by atoms with Crippen LogP contribution < -0.4 is 9.47 Å². The average Bonchev–Trinajstić information content (AvgIpc) is 3.08. The molecule has 1 aliphatic heterocycles. The van der Waals surface area contributed by atoms with Crippen LogP contribution in [0.1, 0.15) is 21.5 Å². The Balaban J connectivity index is 1.59. The van der Waals surface area contributed by atoms with E-state index in [2.05, 4.69) is 0 Å². The summed E-state index contributed by atoms with van der Waals surface area (Å²) in [6.45, 7) is -0.948. The van der Waals surface area contributed by atoms with Crippen LogP contribution in [0.2, 0.25) is 10.0 Å². The number of halogens is 7. The maximum absolute atomic E-state index is 13.8. The Morgan fingerprint density at radius 3 is 2.09 bits per heavy atom. The van der Waals surface area contributed by atoms with Crippen molar-refractivity contribution in [2.24, 2.45) is 0 Å². The molecule has 4 rings (SSSR count). The number of hydrogen-bond acceptors (Lipinski definition) is 3. The van der Waals surface area contributed by atoms with Gasteiger partial charge in [0, 0.05) is 21.7 Å². The Kier molecular flexibility index (Phi) is 5.83. The van der Waals surface area contributed by atoms with Crippen molar-refractivity contribution in [3.05, 3.63) is 98.0 Å². The normalized spacial score (nSPS) is 14.0. The number of rotatable bonds is 4. The van der Waals surface area contributed by atoms with Crippen molar-refractivity contribution < 1.29 is 36.2 Å². The molecule has 10 heteroatoms. The van der Waals surface area contributed by atoms with Gasteiger partial charge >= 0.3 is 0 Å². The molecule has 0 spiro atoms. The highest BCUT2D eigenvalue weighted by Crippen LogP contribution is 2.37. The van der Waals surface area contributed by atoms with Gasteiger partial charge in [0.1, 0.15) is 18.1 Å². The molecule has 0 radical (unpaired) electrons. The van der Waals surface area contributed by atoms with Crippen molar-refractivity contribution >= 4 is 35.1 Å². The van der Waals surface area contributed by atoms with Gasteiger partial charge in [-0.25, -0.2) is 22.0 Å². The average molecular weight is 487 g/mol. The zero-order chi connectivity index (χ0) is 23.2. The van der Waals surface area contributed by atoms with Crippen LogP contribution in [0, 0.1) is 29.1 Å². The Morgan fingerprint density at radius 2 is 1.47 bits per heavy atom. The number of Topliss-reactive ketones (excluding diaryl/α,β-unsaturated/α-hetero) is 1. The SMILES string of the molecule is O=C1/C(=C/c2c(Cl)cccc2Cl)Oc2cc(OCc3c(F)c(F)c(F)c(F)c3F)ccc21. The summed E-state index contributed by atoms with van der Waals surface area (Å²) in [6, 6.07) is 8.66. The van der Waals surface area contributed by atoms with Gasteiger partial charge in [0.05, 0.1) is 11.1 Å². The molecule has 0 atom stereocenters. The molecule has 0 amide bonds. The lowest BCUT2D eigenvalue weighted by molar-refractivity contribution is 0.101. The van der Waals surface area contributed by atoms with Crippen LogP contribution in [0.25, 0.3) is 6.08 Å². The minimum Gasteiger partial charge on any atom is -0.489 e. The molecule has 3 aromatic carbocycles. The molecule has 0 aliphatic carbocycles. The molecule has 0 unspecified atom stereocenters. The summed E-state index contributed by atoms with van der Waals surface area (Å²) < 4.78 is 78.1. The van der Waals surface area contributed by atoms with Gasteiger partial charge in [-0.3, -0.25) is 4.79 Å². The maximum Gasteiger partial charge on any atom is 0.231 e. The smallest absolute Gasteiger partial charge is 0.231 e. The highest BCUT2D eigenvalue weighted by molar-refractivity contribution is 6.37. The highest BCUT2D eigenvalue weighted by atomic mass is 35.5. The van der Waals surface area contributed by atoms with Gasteiger partial charge in [-0.2, -0.15) is 0 Å². The minimum absolute atomic E-state index is 0.0301. The van der Waals surface area contributed by atoms with Gasteiger partial charge in [0.25, 0.3) is 0 Å². The maximum atomic E-state index is 13.8. The molecule has 0 fully saturated rings. The predicted octanol–water partition coefficient (Wildman–Crippen LogP) is 6.88. The van der Waals surface area contributed by atoms with E-state index in [1.807, 2.05) is 0 Å². The molecule has 32 heavy (non-hydrogen) atoms. The molecule has 0 N–H and O–H groups in total. The van der Waals surface area contributed by atoms with E-state index in [1.54, 1.807) is 18.2 Å². The fraction of sp³-hybridized carbons (Fsp3) is 0.0455. The number of allylic oxidation sites excluding steroid dienone is 1. The second kappa shape index (κ2) is 8.44. The molecule has 1 aliphatic rings. The van der Waals surface area contributed by atoms with Gasteiger partial charge in [-0.1, -0.05) is 29.3 Å². The van der Waals surface area contributed by atoms with Gasteiger partial charge < -0.3 is 9.47 Å². The fourth-order valence-electron chi connectivity index (χ4n) is 2.97. The third kappa shape index (κ3) is 3.80. The van der Waals surface area contributed by atoms with Crippen LogP contribution in [0.3, 0.4) is 0 Å². The van der Waals surface area contributed by atoms with E-state index < -0.39 is 47.0 Å². The topological polar surface area (TPSA) is 35.5 Å². The largest absolute Gasteiger partial charge is 0.489 e. The van der Waals surface area contributed by atoms with E-state index in [1.165, 1.54) is 24.3 Å². The van der Waals surface area contributed by atoms with E-state index in [0.29, 0.717) is 15.6 Å². The third-order valence-corrected chi connectivity index (χ3v) is 5.26. The number of carbonyl (C=O) groups is 1. The van der Waals surface area contributed by atoms with Crippen molar-refractivity contribution in [2.45, 2.75) is 6.61 Å². The number of benzene rings is 3. The molecule has 1 heterocycles. The number of hydrogen-bond donors (Lipinski definition) is 0. The van der Waals surface area contributed by atoms with Gasteiger partial charge in [-0.15, -0.1) is 0 Å². The van der Waals surface area contributed by atoms with Crippen molar-refractivity contribution in [3.8, 4) is 11.5 Å². The summed E-state index contributed by atoms with van der Waals surface area (Å²) >= 11 is 12.2.